The molecule has 0 aliphatic heterocycles. The van der Waals surface area contributed by atoms with Crippen LogP contribution in [0.1, 0.15) is 11.1 Å². The Labute approximate surface area is 234 Å². The molecule has 0 unspecified atom stereocenters. The van der Waals surface area contributed by atoms with E-state index in [-0.39, 0.29) is 0 Å². The second-order valence-corrected chi connectivity index (χ2v) is 10.9. The Bertz CT molecular complexity index is 2550. The van der Waals surface area contributed by atoms with Crippen LogP contribution in [0.5, 0.6) is 0 Å². The van der Waals surface area contributed by atoms with Gasteiger partial charge in [-0.1, -0.05) is 42.5 Å². The number of imidazole rings is 1. The molecule has 0 bridgehead atoms. The first-order valence-corrected chi connectivity index (χ1v) is 13.9. The first kappa shape index (κ1) is 21.3. The summed E-state index contributed by atoms with van der Waals surface area (Å²) in [6, 6.07) is 35.0. The van der Waals surface area contributed by atoms with Crippen molar-refractivity contribution in [2.75, 3.05) is 0 Å². The lowest BCUT2D eigenvalue weighted by Crippen LogP contribution is -1.95. The molecule has 0 N–H and O–H groups in total. The molecule has 0 atom stereocenters. The highest BCUT2D eigenvalue weighted by atomic mass is 15.1. The average molecular weight is 524 g/mol. The van der Waals surface area contributed by atoms with E-state index in [1.54, 1.807) is 0 Å². The van der Waals surface area contributed by atoms with Crippen molar-refractivity contribution in [1.29, 1.82) is 0 Å². The van der Waals surface area contributed by atoms with Crippen LogP contribution in [0.2, 0.25) is 0 Å². The molecule has 41 heavy (non-hydrogen) atoms. The molecular formula is C36H21N5. The predicted octanol–water partition coefficient (Wildman–Crippen LogP) is 8.25. The number of rotatable bonds is 1. The van der Waals surface area contributed by atoms with E-state index >= 15 is 0 Å². The van der Waals surface area contributed by atoms with Crippen molar-refractivity contribution < 1.29 is 0 Å². The van der Waals surface area contributed by atoms with E-state index in [1.165, 1.54) is 49.4 Å². The summed E-state index contributed by atoms with van der Waals surface area (Å²) in [4.78, 5) is 14.3. The summed E-state index contributed by atoms with van der Waals surface area (Å²) >= 11 is 0. The Morgan fingerprint density at radius 2 is 1.49 bits per heavy atom. The molecule has 9 aromatic rings. The summed E-state index contributed by atoms with van der Waals surface area (Å²) in [6.45, 7) is 0. The molecule has 4 aromatic carbocycles. The van der Waals surface area contributed by atoms with Gasteiger partial charge in [-0.3, -0.25) is 9.38 Å². The third kappa shape index (κ3) is 2.68. The quantitative estimate of drug-likeness (QED) is 0.204. The van der Waals surface area contributed by atoms with Crippen molar-refractivity contribution >= 4 is 60.3 Å². The number of fused-ring (bicyclic) bond motifs is 15. The molecular weight excluding hydrogens is 502 g/mol. The number of hydrogen-bond acceptors (Lipinski definition) is 3. The first-order valence-electron chi connectivity index (χ1n) is 13.9. The van der Waals surface area contributed by atoms with E-state index in [9.17, 15) is 0 Å². The van der Waals surface area contributed by atoms with Crippen LogP contribution in [-0.2, 0) is 6.42 Å². The van der Waals surface area contributed by atoms with Gasteiger partial charge in [0.25, 0.3) is 0 Å². The summed E-state index contributed by atoms with van der Waals surface area (Å²) in [6.07, 6.45) is 6.62. The molecule has 10 rings (SSSR count). The maximum absolute atomic E-state index is 5.10. The van der Waals surface area contributed by atoms with Crippen molar-refractivity contribution in [1.82, 2.24) is 23.9 Å². The van der Waals surface area contributed by atoms with Crippen molar-refractivity contribution in [2.45, 2.75) is 6.42 Å². The largest absolute Gasteiger partial charge is 0.309 e. The molecule has 190 valence electrons. The third-order valence-corrected chi connectivity index (χ3v) is 8.83. The monoisotopic (exact) mass is 523 g/mol. The van der Waals surface area contributed by atoms with Gasteiger partial charge in [0.1, 0.15) is 11.2 Å². The molecule has 0 saturated carbocycles. The van der Waals surface area contributed by atoms with E-state index in [0.29, 0.717) is 0 Å². The van der Waals surface area contributed by atoms with Gasteiger partial charge in [0.15, 0.2) is 5.65 Å². The SMILES string of the molecule is c1ccc(-n2c3cc4c(cc3c3c5c6ccncc6n6c7ncccc7nc6c5ccc32)Cc2ccccc2-4)cc1. The lowest BCUT2D eigenvalue weighted by atomic mass is 9.98. The maximum Gasteiger partial charge on any atom is 0.165 e. The maximum atomic E-state index is 5.10. The van der Waals surface area contributed by atoms with Crippen LogP contribution in [0.3, 0.4) is 0 Å². The Morgan fingerprint density at radius 1 is 0.585 bits per heavy atom. The molecule has 1 aliphatic carbocycles. The van der Waals surface area contributed by atoms with E-state index in [1.807, 2.05) is 30.7 Å². The van der Waals surface area contributed by atoms with Crippen LogP contribution in [-0.4, -0.2) is 23.9 Å². The summed E-state index contributed by atoms with van der Waals surface area (Å²) in [5.74, 6) is 0. The minimum Gasteiger partial charge on any atom is -0.309 e. The normalized spacial score (nSPS) is 12.8. The molecule has 0 amide bonds. The Balaban J connectivity index is 1.47. The Hall–Kier alpha value is -5.55. The highest BCUT2D eigenvalue weighted by Crippen LogP contribution is 2.45. The third-order valence-electron chi connectivity index (χ3n) is 8.83. The molecule has 1 aliphatic rings. The van der Waals surface area contributed by atoms with Crippen LogP contribution >= 0.6 is 0 Å². The standard InChI is InChI=1S/C36H21N5/c1-2-8-23(9-3-1)40-30-13-12-26-33(25-14-16-37-20-32(25)41-35(26)39-29-11-6-15-38-36(29)41)34(30)28-18-22-17-21-7-4-5-10-24(21)27(22)19-31(28)40/h1-16,18-20H,17H2. The lowest BCUT2D eigenvalue weighted by Gasteiger charge is -2.11. The van der Waals surface area contributed by atoms with Crippen LogP contribution in [0.25, 0.3) is 77.1 Å². The minimum atomic E-state index is 0.852. The zero-order valence-electron chi connectivity index (χ0n) is 21.9. The van der Waals surface area contributed by atoms with E-state index < -0.39 is 0 Å². The van der Waals surface area contributed by atoms with Crippen molar-refractivity contribution in [2.24, 2.45) is 0 Å². The highest BCUT2D eigenvalue weighted by Gasteiger charge is 2.24. The van der Waals surface area contributed by atoms with E-state index in [2.05, 4.69) is 98.9 Å². The Morgan fingerprint density at radius 3 is 2.44 bits per heavy atom. The topological polar surface area (TPSA) is 48.0 Å². The summed E-state index contributed by atoms with van der Waals surface area (Å²) in [5.41, 5.74) is 12.7. The lowest BCUT2D eigenvalue weighted by molar-refractivity contribution is 1.18. The van der Waals surface area contributed by atoms with Gasteiger partial charge in [-0.25, -0.2) is 9.97 Å². The zero-order chi connectivity index (χ0) is 26.7. The van der Waals surface area contributed by atoms with Crippen LogP contribution in [0.4, 0.5) is 0 Å². The molecule has 0 fully saturated rings. The second kappa shape index (κ2) is 7.55. The second-order valence-electron chi connectivity index (χ2n) is 10.9. The Kier molecular flexibility index (Phi) is 3.92. The molecule has 5 heterocycles. The fourth-order valence-corrected chi connectivity index (χ4v) is 7.16. The zero-order valence-corrected chi connectivity index (χ0v) is 21.9. The van der Waals surface area contributed by atoms with Gasteiger partial charge in [-0.15, -0.1) is 0 Å². The van der Waals surface area contributed by atoms with Crippen LogP contribution in [0, 0.1) is 0 Å². The number of nitrogens with zero attached hydrogens (tertiary/aromatic N) is 5. The summed E-state index contributed by atoms with van der Waals surface area (Å²) in [5, 5.41) is 5.98. The van der Waals surface area contributed by atoms with Gasteiger partial charge in [0, 0.05) is 45.0 Å². The molecule has 5 nitrogen and oxygen atoms in total. The van der Waals surface area contributed by atoms with Gasteiger partial charge in [-0.2, -0.15) is 0 Å². The van der Waals surface area contributed by atoms with Gasteiger partial charge in [0.2, 0.25) is 0 Å². The summed E-state index contributed by atoms with van der Waals surface area (Å²) < 4.78 is 4.59. The fraction of sp³-hybridized carbons (Fsp3) is 0.0278. The summed E-state index contributed by atoms with van der Waals surface area (Å²) in [7, 11) is 0. The predicted molar refractivity (Wildman–Crippen MR) is 166 cm³/mol. The molecule has 5 heteroatoms. The number of aromatic nitrogens is 5. The van der Waals surface area contributed by atoms with E-state index in [4.69, 9.17) is 9.97 Å². The van der Waals surface area contributed by atoms with Crippen molar-refractivity contribution in [3.8, 4) is 16.8 Å². The van der Waals surface area contributed by atoms with Crippen molar-refractivity contribution in [3.63, 3.8) is 0 Å². The number of hydrogen-bond donors (Lipinski definition) is 0. The van der Waals surface area contributed by atoms with Gasteiger partial charge in [-0.05, 0) is 83.3 Å². The number of benzene rings is 4. The molecule has 0 saturated heterocycles. The average Bonchev–Trinajstić information content (AvgIpc) is 3.69. The van der Waals surface area contributed by atoms with Gasteiger partial charge < -0.3 is 4.57 Å². The van der Waals surface area contributed by atoms with Gasteiger partial charge in [0.05, 0.1) is 22.7 Å². The molecule has 5 aromatic heterocycles. The first-order chi connectivity index (χ1) is 20.3. The van der Waals surface area contributed by atoms with Crippen LogP contribution in [0.15, 0.2) is 116 Å². The molecule has 0 spiro atoms. The smallest absolute Gasteiger partial charge is 0.165 e. The highest BCUT2D eigenvalue weighted by molar-refractivity contribution is 6.30. The van der Waals surface area contributed by atoms with Gasteiger partial charge >= 0.3 is 0 Å². The van der Waals surface area contributed by atoms with Crippen LogP contribution < -0.4 is 0 Å². The minimum absolute atomic E-state index is 0.852. The van der Waals surface area contributed by atoms with Crippen molar-refractivity contribution in [3.05, 3.63) is 127 Å². The number of para-hydroxylation sites is 1. The van der Waals surface area contributed by atoms with E-state index in [0.717, 1.165) is 45.2 Å². The molecule has 0 radical (unpaired) electrons. The number of pyridine rings is 3. The fourth-order valence-electron chi connectivity index (χ4n) is 7.16.